The smallest absolute Gasteiger partial charge is 0.261 e. The van der Waals surface area contributed by atoms with Crippen molar-refractivity contribution in [2.24, 2.45) is 11.8 Å². The predicted octanol–water partition coefficient (Wildman–Crippen LogP) is 4.31. The number of rotatable bonds is 12. The van der Waals surface area contributed by atoms with Crippen LogP contribution in [0.2, 0.25) is 0 Å². The second-order valence-electron chi connectivity index (χ2n) is 9.49. The summed E-state index contributed by atoms with van der Waals surface area (Å²) >= 11 is 0. The van der Waals surface area contributed by atoms with Gasteiger partial charge in [0.2, 0.25) is 10.0 Å². The zero-order valence-electron chi connectivity index (χ0n) is 20.0. The van der Waals surface area contributed by atoms with Crippen LogP contribution >= 0.6 is 0 Å². The molecule has 4 rings (SSSR count). The molecule has 1 saturated carbocycles. The summed E-state index contributed by atoms with van der Waals surface area (Å²) in [4.78, 5) is 26.0. The molecule has 2 amide bonds. The van der Waals surface area contributed by atoms with E-state index in [4.69, 9.17) is 4.74 Å². The molecule has 1 N–H and O–H groups in total. The number of benzene rings is 2. The lowest BCUT2D eigenvalue weighted by Crippen LogP contribution is -2.31. The van der Waals surface area contributed by atoms with E-state index in [9.17, 15) is 22.4 Å². The van der Waals surface area contributed by atoms with E-state index in [1.807, 2.05) is 0 Å². The SMILES string of the molecule is CC1CC1COc1ccc(F)c([C@H](C)NS(=O)(=O)CCCCCN2C(=O)c3ccccc3C2=O)c1. The second kappa shape index (κ2) is 10.5. The van der Waals surface area contributed by atoms with E-state index in [2.05, 4.69) is 11.6 Å². The van der Waals surface area contributed by atoms with E-state index < -0.39 is 21.9 Å². The van der Waals surface area contributed by atoms with Crippen LogP contribution in [0.25, 0.3) is 0 Å². The third-order valence-corrected chi connectivity index (χ3v) is 8.24. The molecule has 0 spiro atoms. The van der Waals surface area contributed by atoms with Gasteiger partial charge in [-0.05, 0) is 68.4 Å². The van der Waals surface area contributed by atoms with Crippen molar-refractivity contribution >= 4 is 21.8 Å². The molecule has 2 unspecified atom stereocenters. The number of nitrogens with one attached hydrogen (secondary N) is 1. The number of sulfonamides is 1. The Balaban J connectivity index is 1.23. The molecular weight excluding hydrogens is 471 g/mol. The Kier molecular flexibility index (Phi) is 7.56. The van der Waals surface area contributed by atoms with Crippen LogP contribution in [-0.2, 0) is 10.0 Å². The number of carbonyl (C=O) groups excluding carboxylic acids is 2. The Bertz CT molecular complexity index is 1180. The number of carbonyl (C=O) groups is 2. The molecule has 1 aliphatic heterocycles. The second-order valence-corrected chi connectivity index (χ2v) is 11.4. The number of unbranched alkanes of at least 4 members (excludes halogenated alkanes) is 2. The van der Waals surface area contributed by atoms with Crippen molar-refractivity contribution in [1.82, 2.24) is 9.62 Å². The summed E-state index contributed by atoms with van der Waals surface area (Å²) in [6.45, 7) is 4.58. The maximum atomic E-state index is 14.4. The minimum absolute atomic E-state index is 0.128. The zero-order chi connectivity index (χ0) is 25.2. The Morgan fingerprint density at radius 3 is 2.37 bits per heavy atom. The molecule has 9 heteroatoms. The van der Waals surface area contributed by atoms with Gasteiger partial charge in [-0.3, -0.25) is 14.5 Å². The molecule has 0 aromatic heterocycles. The fourth-order valence-electron chi connectivity index (χ4n) is 4.35. The minimum atomic E-state index is -3.65. The lowest BCUT2D eigenvalue weighted by molar-refractivity contribution is 0.0651. The van der Waals surface area contributed by atoms with Crippen LogP contribution in [0.4, 0.5) is 4.39 Å². The number of ether oxygens (including phenoxy) is 1. The number of amides is 2. The molecule has 0 bridgehead atoms. The third kappa shape index (κ3) is 6.08. The van der Waals surface area contributed by atoms with E-state index >= 15 is 0 Å². The molecule has 2 aromatic carbocycles. The lowest BCUT2D eigenvalue weighted by Gasteiger charge is -2.17. The van der Waals surface area contributed by atoms with Gasteiger partial charge in [-0.2, -0.15) is 0 Å². The van der Waals surface area contributed by atoms with Crippen molar-refractivity contribution in [3.8, 4) is 5.75 Å². The van der Waals surface area contributed by atoms with Crippen LogP contribution in [-0.4, -0.2) is 44.0 Å². The quantitative estimate of drug-likeness (QED) is 0.345. The largest absolute Gasteiger partial charge is 0.493 e. The van der Waals surface area contributed by atoms with E-state index in [-0.39, 0.29) is 29.7 Å². The van der Waals surface area contributed by atoms with Gasteiger partial charge in [0.15, 0.2) is 0 Å². The van der Waals surface area contributed by atoms with Crippen LogP contribution in [0, 0.1) is 17.7 Å². The van der Waals surface area contributed by atoms with Gasteiger partial charge in [-0.15, -0.1) is 0 Å². The average molecular weight is 503 g/mol. The van der Waals surface area contributed by atoms with Gasteiger partial charge in [0, 0.05) is 18.2 Å². The van der Waals surface area contributed by atoms with Gasteiger partial charge in [0.25, 0.3) is 11.8 Å². The van der Waals surface area contributed by atoms with E-state index in [0.717, 1.165) is 6.42 Å². The fourth-order valence-corrected chi connectivity index (χ4v) is 5.72. The highest BCUT2D eigenvalue weighted by molar-refractivity contribution is 7.89. The molecule has 2 aliphatic rings. The Labute approximate surface area is 205 Å². The molecule has 1 heterocycles. The maximum absolute atomic E-state index is 14.4. The lowest BCUT2D eigenvalue weighted by atomic mass is 10.1. The zero-order valence-corrected chi connectivity index (χ0v) is 20.8. The van der Waals surface area contributed by atoms with E-state index in [1.54, 1.807) is 43.3 Å². The topological polar surface area (TPSA) is 92.8 Å². The van der Waals surface area contributed by atoms with Crippen LogP contribution in [0.15, 0.2) is 42.5 Å². The van der Waals surface area contributed by atoms with Gasteiger partial charge < -0.3 is 4.74 Å². The predicted molar refractivity (Wildman–Crippen MR) is 130 cm³/mol. The molecule has 188 valence electrons. The van der Waals surface area contributed by atoms with Crippen LogP contribution in [0.5, 0.6) is 5.75 Å². The Morgan fingerprint density at radius 1 is 1.09 bits per heavy atom. The molecule has 2 aromatic rings. The number of halogens is 1. The first-order valence-corrected chi connectivity index (χ1v) is 13.7. The highest BCUT2D eigenvalue weighted by Crippen LogP contribution is 2.38. The summed E-state index contributed by atoms with van der Waals surface area (Å²) in [7, 11) is -3.65. The Morgan fingerprint density at radius 2 is 1.74 bits per heavy atom. The van der Waals surface area contributed by atoms with Gasteiger partial charge >= 0.3 is 0 Å². The van der Waals surface area contributed by atoms with Crippen molar-refractivity contribution in [2.75, 3.05) is 18.9 Å². The number of hydrogen-bond donors (Lipinski definition) is 1. The number of imide groups is 1. The fraction of sp³-hybridized carbons (Fsp3) is 0.462. The molecule has 1 fully saturated rings. The standard InChI is InChI=1S/C26H31FN2O5S/c1-17-14-19(17)16-34-20-10-11-24(27)23(15-20)18(2)28-35(32,33)13-7-3-6-12-29-25(30)21-8-4-5-9-22(21)26(29)31/h4-5,8-11,15,17-19,28H,3,6-7,12-14,16H2,1-2H3/t17?,18-,19?/m0/s1. The van der Waals surface area contributed by atoms with Gasteiger partial charge in [-0.1, -0.05) is 25.5 Å². The van der Waals surface area contributed by atoms with Crippen molar-refractivity contribution in [3.63, 3.8) is 0 Å². The van der Waals surface area contributed by atoms with Gasteiger partial charge in [-0.25, -0.2) is 17.5 Å². The maximum Gasteiger partial charge on any atom is 0.261 e. The first-order valence-electron chi connectivity index (χ1n) is 12.0. The average Bonchev–Trinajstić information content (AvgIpc) is 3.48. The van der Waals surface area contributed by atoms with Crippen LogP contribution in [0.3, 0.4) is 0 Å². The van der Waals surface area contributed by atoms with Crippen LogP contribution < -0.4 is 9.46 Å². The summed E-state index contributed by atoms with van der Waals surface area (Å²) in [6.07, 6.45) is 2.52. The summed E-state index contributed by atoms with van der Waals surface area (Å²) in [6, 6.07) is 10.4. The van der Waals surface area contributed by atoms with E-state index in [0.29, 0.717) is 54.6 Å². The molecule has 0 radical (unpaired) electrons. The highest BCUT2D eigenvalue weighted by atomic mass is 32.2. The van der Waals surface area contributed by atoms with Crippen LogP contribution in [0.1, 0.15) is 71.9 Å². The summed E-state index contributed by atoms with van der Waals surface area (Å²) in [5, 5.41) is 0. The molecule has 35 heavy (non-hydrogen) atoms. The van der Waals surface area contributed by atoms with Crippen molar-refractivity contribution in [3.05, 3.63) is 65.0 Å². The van der Waals surface area contributed by atoms with E-state index in [1.165, 1.54) is 11.0 Å². The molecular formula is C26H31FN2O5S. The first kappa shape index (κ1) is 25.3. The number of fused-ring (bicyclic) bond motifs is 1. The van der Waals surface area contributed by atoms with Crippen molar-refractivity contribution < 1.29 is 27.1 Å². The third-order valence-electron chi connectivity index (χ3n) is 6.70. The van der Waals surface area contributed by atoms with Crippen molar-refractivity contribution in [2.45, 2.75) is 45.6 Å². The molecule has 7 nitrogen and oxygen atoms in total. The van der Waals surface area contributed by atoms with Gasteiger partial charge in [0.05, 0.1) is 23.5 Å². The van der Waals surface area contributed by atoms with Crippen molar-refractivity contribution in [1.29, 1.82) is 0 Å². The monoisotopic (exact) mass is 502 g/mol. The Hall–Kier alpha value is -2.78. The number of nitrogens with zero attached hydrogens (tertiary/aromatic N) is 1. The minimum Gasteiger partial charge on any atom is -0.493 e. The first-order chi connectivity index (χ1) is 16.7. The highest BCUT2D eigenvalue weighted by Gasteiger charge is 2.34. The van der Waals surface area contributed by atoms with Gasteiger partial charge in [0.1, 0.15) is 11.6 Å². The normalized spacial score (nSPS) is 20.1. The molecule has 3 atom stereocenters. The summed E-state index contributed by atoms with van der Waals surface area (Å²) in [5.74, 6) is 0.455. The molecule has 1 aliphatic carbocycles. The summed E-state index contributed by atoms with van der Waals surface area (Å²) in [5.41, 5.74) is 1.05. The summed E-state index contributed by atoms with van der Waals surface area (Å²) < 4.78 is 47.8. The number of hydrogen-bond acceptors (Lipinski definition) is 5. The molecule has 0 saturated heterocycles.